The Morgan fingerprint density at radius 3 is 2.42 bits per heavy atom. The van der Waals surface area contributed by atoms with Gasteiger partial charge in [0.15, 0.2) is 5.78 Å². The highest BCUT2D eigenvalue weighted by molar-refractivity contribution is 8.13. The van der Waals surface area contributed by atoms with Crippen molar-refractivity contribution in [3.05, 3.63) is 75.3 Å². The highest BCUT2D eigenvalue weighted by atomic mass is 35.5. The van der Waals surface area contributed by atoms with E-state index in [0.717, 1.165) is 5.56 Å². The summed E-state index contributed by atoms with van der Waals surface area (Å²) in [6.07, 6.45) is 0. The number of hydrogen-bond acceptors (Lipinski definition) is 4. The molecule has 0 heterocycles. The molecule has 24 heavy (non-hydrogen) atoms. The van der Waals surface area contributed by atoms with Gasteiger partial charge in [-0.1, -0.05) is 53.5 Å². The van der Waals surface area contributed by atoms with Gasteiger partial charge in [-0.15, -0.1) is 11.8 Å². The summed E-state index contributed by atoms with van der Waals surface area (Å²) in [6.45, 7) is 1.31. The van der Waals surface area contributed by atoms with Gasteiger partial charge in [0.1, 0.15) is 10.8 Å². The average Bonchev–Trinajstić information content (AvgIpc) is 2.53. The highest BCUT2D eigenvalue weighted by Gasteiger charge is 2.20. The van der Waals surface area contributed by atoms with E-state index in [4.69, 9.17) is 28.6 Å². The van der Waals surface area contributed by atoms with Crippen LogP contribution in [0.4, 0.5) is 0 Å². The Kier molecular flexibility index (Phi) is 6.49. The minimum atomic E-state index is -0.399. The van der Waals surface area contributed by atoms with Gasteiger partial charge in [0.05, 0.1) is 10.6 Å². The second-order valence-electron chi connectivity index (χ2n) is 5.01. The maximum absolute atomic E-state index is 11.9. The summed E-state index contributed by atoms with van der Waals surface area (Å²) in [5.41, 5.74) is 1.25. The highest BCUT2D eigenvalue weighted by Crippen LogP contribution is 2.30. The van der Waals surface area contributed by atoms with Crippen LogP contribution in [-0.4, -0.2) is 15.9 Å². The summed E-state index contributed by atoms with van der Waals surface area (Å²) >= 11 is 13.1. The van der Waals surface area contributed by atoms with Crippen LogP contribution in [0.15, 0.2) is 54.1 Å². The Morgan fingerprint density at radius 1 is 1.17 bits per heavy atom. The molecule has 2 aromatic carbocycles. The number of nitrogens with one attached hydrogen (secondary N) is 1. The first-order chi connectivity index (χ1) is 11.4. The van der Waals surface area contributed by atoms with Gasteiger partial charge in [0.25, 0.3) is 0 Å². The fourth-order valence-corrected chi connectivity index (χ4v) is 3.44. The monoisotopic (exact) mass is 379 g/mol. The van der Waals surface area contributed by atoms with Crippen molar-refractivity contribution in [2.75, 3.05) is 0 Å². The van der Waals surface area contributed by atoms with Crippen molar-refractivity contribution in [2.45, 2.75) is 12.7 Å². The maximum Gasteiger partial charge on any atom is 0.166 e. The standard InChI is InChI=1S/C18H15Cl2NO2S/c1-11(22)16(17(23)14-8-7-13(19)9-15(14)20)18(21)24-10-12-5-3-2-4-6-12/h2-9,21,23H,10H2,1H3/b17-16+,21-18?. The number of aliphatic hydroxyl groups is 1. The molecule has 0 saturated carbocycles. The number of carbonyl (C=O) groups is 1. The van der Waals surface area contributed by atoms with Crippen LogP contribution in [0.25, 0.3) is 5.76 Å². The first-order valence-corrected chi connectivity index (χ1v) is 8.79. The van der Waals surface area contributed by atoms with Gasteiger partial charge >= 0.3 is 0 Å². The number of Topliss-reactive ketones (excluding diaryl/α,β-unsaturated/α-hetero) is 1. The molecule has 6 heteroatoms. The molecular weight excluding hydrogens is 365 g/mol. The topological polar surface area (TPSA) is 61.2 Å². The Hall–Kier alpha value is -1.75. The fraction of sp³-hybridized carbons (Fsp3) is 0.111. The molecule has 0 aliphatic heterocycles. The van der Waals surface area contributed by atoms with Crippen molar-refractivity contribution < 1.29 is 9.90 Å². The van der Waals surface area contributed by atoms with Crippen molar-refractivity contribution in [1.82, 2.24) is 0 Å². The molecule has 0 aliphatic rings. The minimum absolute atomic E-state index is 0.00475. The average molecular weight is 380 g/mol. The number of carbonyl (C=O) groups excluding carboxylic acids is 1. The van der Waals surface area contributed by atoms with Gasteiger partial charge in [-0.25, -0.2) is 0 Å². The van der Waals surface area contributed by atoms with Gasteiger partial charge in [-0.3, -0.25) is 10.2 Å². The third-order valence-corrected chi connectivity index (χ3v) is 4.75. The number of benzene rings is 2. The summed E-state index contributed by atoms with van der Waals surface area (Å²) in [5, 5.41) is 19.3. The van der Waals surface area contributed by atoms with Gasteiger partial charge in [0, 0.05) is 16.3 Å². The van der Waals surface area contributed by atoms with Crippen LogP contribution in [0.3, 0.4) is 0 Å². The molecule has 2 N–H and O–H groups in total. The van der Waals surface area contributed by atoms with E-state index in [0.29, 0.717) is 10.8 Å². The molecule has 124 valence electrons. The number of rotatable bonds is 5. The summed E-state index contributed by atoms with van der Waals surface area (Å²) in [7, 11) is 0. The van der Waals surface area contributed by atoms with Crippen LogP contribution < -0.4 is 0 Å². The molecule has 0 amide bonds. The lowest BCUT2D eigenvalue weighted by Crippen LogP contribution is -2.10. The van der Waals surface area contributed by atoms with E-state index in [1.54, 1.807) is 6.07 Å². The summed E-state index contributed by atoms with van der Waals surface area (Å²) in [6, 6.07) is 14.2. The molecule has 0 unspecified atom stereocenters. The number of hydrogen-bond donors (Lipinski definition) is 2. The van der Waals surface area contributed by atoms with Crippen molar-refractivity contribution in [3.8, 4) is 0 Å². The molecule has 3 nitrogen and oxygen atoms in total. The van der Waals surface area contributed by atoms with Crippen LogP contribution in [0, 0.1) is 5.41 Å². The molecule has 0 aliphatic carbocycles. The second-order valence-corrected chi connectivity index (χ2v) is 6.84. The van der Waals surface area contributed by atoms with Crippen LogP contribution in [0.5, 0.6) is 0 Å². The van der Waals surface area contributed by atoms with E-state index in [2.05, 4.69) is 0 Å². The lowest BCUT2D eigenvalue weighted by molar-refractivity contribution is -0.113. The summed E-state index contributed by atoms with van der Waals surface area (Å²) in [5.74, 6) is -0.184. The molecule has 2 rings (SSSR count). The van der Waals surface area contributed by atoms with E-state index in [9.17, 15) is 9.90 Å². The van der Waals surface area contributed by atoms with Gasteiger partial charge in [0.2, 0.25) is 0 Å². The molecule has 0 saturated heterocycles. The van der Waals surface area contributed by atoms with Crippen molar-refractivity contribution in [1.29, 1.82) is 5.41 Å². The maximum atomic E-state index is 11.9. The van der Waals surface area contributed by atoms with Crippen LogP contribution in [0.1, 0.15) is 18.1 Å². The Labute approximate surface area is 154 Å². The second kappa shape index (κ2) is 8.38. The number of ketones is 1. The molecule has 0 atom stereocenters. The lowest BCUT2D eigenvalue weighted by atomic mass is 10.1. The Balaban J connectivity index is 2.30. The smallest absolute Gasteiger partial charge is 0.166 e. The predicted molar refractivity (Wildman–Crippen MR) is 102 cm³/mol. The zero-order valence-electron chi connectivity index (χ0n) is 12.8. The zero-order chi connectivity index (χ0) is 17.7. The van der Waals surface area contributed by atoms with Crippen molar-refractivity contribution >= 4 is 51.5 Å². The Morgan fingerprint density at radius 2 is 1.83 bits per heavy atom. The molecule has 0 radical (unpaired) electrons. The third-order valence-electron chi connectivity index (χ3n) is 3.23. The lowest BCUT2D eigenvalue weighted by Gasteiger charge is -2.11. The molecule has 2 aromatic rings. The fourth-order valence-electron chi connectivity index (χ4n) is 2.05. The molecule has 0 bridgehead atoms. The summed E-state index contributed by atoms with van der Waals surface area (Å²) < 4.78 is 0. The first-order valence-electron chi connectivity index (χ1n) is 7.05. The van der Waals surface area contributed by atoms with Gasteiger partial charge < -0.3 is 5.11 Å². The molecule has 0 spiro atoms. The van der Waals surface area contributed by atoms with Crippen molar-refractivity contribution in [3.63, 3.8) is 0 Å². The molecule has 0 aromatic heterocycles. The quantitative estimate of drug-likeness (QED) is 0.300. The Bertz CT molecular complexity index is 804. The number of halogens is 2. The van der Waals surface area contributed by atoms with Crippen LogP contribution in [0.2, 0.25) is 10.0 Å². The van der Waals surface area contributed by atoms with Crippen LogP contribution in [-0.2, 0) is 10.5 Å². The third kappa shape index (κ3) is 4.63. The SMILES string of the molecule is CC(=O)/C(C(=N)SCc1ccccc1)=C(\O)c1ccc(Cl)cc1Cl. The zero-order valence-corrected chi connectivity index (χ0v) is 15.2. The van der Waals surface area contributed by atoms with E-state index in [-0.39, 0.29) is 27.0 Å². The van der Waals surface area contributed by atoms with Gasteiger partial charge in [-0.2, -0.15) is 0 Å². The largest absolute Gasteiger partial charge is 0.506 e. The van der Waals surface area contributed by atoms with Gasteiger partial charge in [-0.05, 0) is 30.7 Å². The summed E-state index contributed by atoms with van der Waals surface area (Å²) in [4.78, 5) is 11.9. The van der Waals surface area contributed by atoms with Crippen molar-refractivity contribution in [2.24, 2.45) is 0 Å². The number of thioether (sulfide) groups is 1. The molecular formula is C18H15Cl2NO2S. The molecule has 0 fully saturated rings. The van der Waals surface area contributed by atoms with E-state index in [1.165, 1.54) is 30.8 Å². The predicted octanol–water partition coefficient (Wildman–Crippen LogP) is 5.76. The van der Waals surface area contributed by atoms with E-state index < -0.39 is 5.78 Å². The van der Waals surface area contributed by atoms with E-state index >= 15 is 0 Å². The van der Waals surface area contributed by atoms with E-state index in [1.807, 2.05) is 30.3 Å². The normalized spacial score (nSPS) is 11.8. The minimum Gasteiger partial charge on any atom is -0.506 e. The first kappa shape index (κ1) is 18.6. The van der Waals surface area contributed by atoms with Crippen LogP contribution >= 0.6 is 35.0 Å². The number of aliphatic hydroxyl groups excluding tert-OH is 1.